The lowest BCUT2D eigenvalue weighted by Gasteiger charge is -2.19. The van der Waals surface area contributed by atoms with Crippen molar-refractivity contribution in [3.63, 3.8) is 0 Å². The number of phenols is 1. The van der Waals surface area contributed by atoms with E-state index in [1.54, 1.807) is 26.1 Å². The van der Waals surface area contributed by atoms with Crippen LogP contribution in [-0.2, 0) is 11.3 Å². The van der Waals surface area contributed by atoms with Gasteiger partial charge in [0.25, 0.3) is 0 Å². The number of aromatic hydroxyl groups is 1. The van der Waals surface area contributed by atoms with Gasteiger partial charge in [-0.1, -0.05) is 18.5 Å². The van der Waals surface area contributed by atoms with Gasteiger partial charge in [0.15, 0.2) is 0 Å². The Morgan fingerprint density at radius 2 is 2.18 bits per heavy atom. The van der Waals surface area contributed by atoms with Crippen molar-refractivity contribution in [2.45, 2.75) is 13.5 Å². The highest BCUT2D eigenvalue weighted by molar-refractivity contribution is 6.30. The summed E-state index contributed by atoms with van der Waals surface area (Å²) >= 11 is 5.83. The van der Waals surface area contributed by atoms with Crippen molar-refractivity contribution in [1.82, 2.24) is 4.90 Å². The molecular formula is C12H16ClNO3. The molecule has 1 aromatic carbocycles. The second-order valence-electron chi connectivity index (χ2n) is 4.21. The normalized spacial score (nSPS) is 12.7. The van der Waals surface area contributed by atoms with Crippen molar-refractivity contribution in [2.75, 3.05) is 13.6 Å². The second-order valence-corrected chi connectivity index (χ2v) is 4.65. The summed E-state index contributed by atoms with van der Waals surface area (Å²) in [4.78, 5) is 12.5. The van der Waals surface area contributed by atoms with Crippen molar-refractivity contribution in [3.8, 4) is 5.75 Å². The molecule has 94 valence electrons. The summed E-state index contributed by atoms with van der Waals surface area (Å²) in [5.41, 5.74) is 0.692. The lowest BCUT2D eigenvalue weighted by molar-refractivity contribution is -0.141. The fourth-order valence-electron chi connectivity index (χ4n) is 1.58. The zero-order chi connectivity index (χ0) is 13.0. The van der Waals surface area contributed by atoms with E-state index in [0.29, 0.717) is 23.7 Å². The number of carboxylic acid groups (broad SMARTS) is 1. The molecule has 0 saturated carbocycles. The van der Waals surface area contributed by atoms with Gasteiger partial charge in [-0.15, -0.1) is 0 Å². The first-order valence-electron chi connectivity index (χ1n) is 5.29. The van der Waals surface area contributed by atoms with E-state index in [2.05, 4.69) is 0 Å². The molecular weight excluding hydrogens is 242 g/mol. The molecule has 1 rings (SSSR count). The van der Waals surface area contributed by atoms with Crippen molar-refractivity contribution < 1.29 is 15.0 Å². The van der Waals surface area contributed by atoms with E-state index in [1.165, 1.54) is 6.07 Å². The second kappa shape index (κ2) is 5.89. The lowest BCUT2D eigenvalue weighted by atomic mass is 10.1. The topological polar surface area (TPSA) is 60.8 Å². The quantitative estimate of drug-likeness (QED) is 0.849. The number of benzene rings is 1. The van der Waals surface area contributed by atoms with Gasteiger partial charge in [-0.3, -0.25) is 4.79 Å². The third-order valence-electron chi connectivity index (χ3n) is 2.49. The lowest BCUT2D eigenvalue weighted by Crippen LogP contribution is -2.28. The zero-order valence-corrected chi connectivity index (χ0v) is 10.6. The Hall–Kier alpha value is -1.26. The van der Waals surface area contributed by atoms with Crippen molar-refractivity contribution >= 4 is 17.6 Å². The van der Waals surface area contributed by atoms with E-state index in [4.69, 9.17) is 16.7 Å². The number of aliphatic carboxylic acids is 1. The van der Waals surface area contributed by atoms with Gasteiger partial charge in [0.1, 0.15) is 5.75 Å². The minimum Gasteiger partial charge on any atom is -0.508 e. The fraction of sp³-hybridized carbons (Fsp3) is 0.417. The van der Waals surface area contributed by atoms with Crippen LogP contribution in [0.3, 0.4) is 0 Å². The average molecular weight is 258 g/mol. The van der Waals surface area contributed by atoms with Crippen LogP contribution in [0.2, 0.25) is 5.02 Å². The molecule has 1 atom stereocenters. The van der Waals surface area contributed by atoms with E-state index < -0.39 is 11.9 Å². The maximum Gasteiger partial charge on any atom is 0.307 e. The Morgan fingerprint density at radius 1 is 1.53 bits per heavy atom. The molecule has 0 bridgehead atoms. The summed E-state index contributed by atoms with van der Waals surface area (Å²) in [6.07, 6.45) is 0. The van der Waals surface area contributed by atoms with Gasteiger partial charge < -0.3 is 15.1 Å². The Labute approximate surface area is 105 Å². The van der Waals surface area contributed by atoms with Gasteiger partial charge in [-0.2, -0.15) is 0 Å². The molecule has 0 saturated heterocycles. The molecule has 1 aromatic rings. The molecule has 0 spiro atoms. The number of phenolic OH excluding ortho intramolecular Hbond substituents is 1. The molecule has 0 amide bonds. The molecule has 0 aromatic heterocycles. The summed E-state index contributed by atoms with van der Waals surface area (Å²) in [5.74, 6) is -1.10. The predicted molar refractivity (Wildman–Crippen MR) is 66.3 cm³/mol. The Bertz CT molecular complexity index is 409. The first kappa shape index (κ1) is 13.8. The Balaban J connectivity index is 2.64. The van der Waals surface area contributed by atoms with Gasteiger partial charge >= 0.3 is 5.97 Å². The molecule has 0 aliphatic carbocycles. The minimum atomic E-state index is -0.827. The minimum absolute atomic E-state index is 0.171. The van der Waals surface area contributed by atoms with Gasteiger partial charge in [-0.05, 0) is 25.2 Å². The summed E-state index contributed by atoms with van der Waals surface area (Å²) in [7, 11) is 1.81. The first-order valence-corrected chi connectivity index (χ1v) is 5.66. The van der Waals surface area contributed by atoms with Gasteiger partial charge in [0.2, 0.25) is 0 Å². The molecule has 0 aliphatic heterocycles. The standard InChI is InChI=1S/C12H16ClNO3/c1-8(12(16)17)6-14(2)7-9-5-10(13)3-4-11(9)15/h3-5,8,15H,6-7H2,1-2H3,(H,16,17). The van der Waals surface area contributed by atoms with Crippen molar-refractivity contribution in [3.05, 3.63) is 28.8 Å². The summed E-state index contributed by atoms with van der Waals surface area (Å²) in [6, 6.07) is 4.82. The largest absolute Gasteiger partial charge is 0.508 e. The average Bonchev–Trinajstić information content (AvgIpc) is 2.23. The Morgan fingerprint density at radius 3 is 2.76 bits per heavy atom. The fourth-order valence-corrected chi connectivity index (χ4v) is 1.78. The van der Waals surface area contributed by atoms with Crippen LogP contribution in [0.25, 0.3) is 0 Å². The number of hydrogen-bond acceptors (Lipinski definition) is 3. The van der Waals surface area contributed by atoms with Crippen LogP contribution in [0.5, 0.6) is 5.75 Å². The SMILES string of the molecule is CC(CN(C)Cc1cc(Cl)ccc1O)C(=O)O. The number of halogens is 1. The summed E-state index contributed by atoms with van der Waals surface area (Å²) < 4.78 is 0. The smallest absolute Gasteiger partial charge is 0.307 e. The van der Waals surface area contributed by atoms with E-state index in [1.807, 2.05) is 4.90 Å². The number of rotatable bonds is 5. The molecule has 0 heterocycles. The summed E-state index contributed by atoms with van der Waals surface area (Å²) in [6.45, 7) is 2.53. The van der Waals surface area contributed by atoms with Crippen LogP contribution < -0.4 is 0 Å². The number of hydrogen-bond donors (Lipinski definition) is 2. The third-order valence-corrected chi connectivity index (χ3v) is 2.72. The van der Waals surface area contributed by atoms with Crippen molar-refractivity contribution in [1.29, 1.82) is 0 Å². The molecule has 0 radical (unpaired) electrons. The van der Waals surface area contributed by atoms with Gasteiger partial charge in [0, 0.05) is 23.7 Å². The van der Waals surface area contributed by atoms with E-state index in [9.17, 15) is 9.90 Å². The molecule has 2 N–H and O–H groups in total. The van der Waals surface area contributed by atoms with Crippen LogP contribution in [0, 0.1) is 5.92 Å². The monoisotopic (exact) mass is 257 g/mol. The predicted octanol–water partition coefficient (Wildman–Crippen LogP) is 2.20. The maximum atomic E-state index is 10.7. The van der Waals surface area contributed by atoms with Crippen LogP contribution in [0.1, 0.15) is 12.5 Å². The molecule has 5 heteroatoms. The van der Waals surface area contributed by atoms with Crippen molar-refractivity contribution in [2.24, 2.45) is 5.92 Å². The third kappa shape index (κ3) is 4.24. The highest BCUT2D eigenvalue weighted by Crippen LogP contribution is 2.22. The maximum absolute atomic E-state index is 10.7. The van der Waals surface area contributed by atoms with Crippen LogP contribution >= 0.6 is 11.6 Å². The van der Waals surface area contributed by atoms with Gasteiger partial charge in [0.05, 0.1) is 5.92 Å². The van der Waals surface area contributed by atoms with Crippen LogP contribution in [-0.4, -0.2) is 34.7 Å². The van der Waals surface area contributed by atoms with Gasteiger partial charge in [-0.25, -0.2) is 0 Å². The zero-order valence-electron chi connectivity index (χ0n) is 9.85. The van der Waals surface area contributed by atoms with E-state index in [0.717, 1.165) is 0 Å². The summed E-state index contributed by atoms with van der Waals surface area (Å²) in [5, 5.41) is 19.0. The number of carboxylic acids is 1. The Kier molecular flexibility index (Phi) is 4.78. The number of nitrogens with zero attached hydrogens (tertiary/aromatic N) is 1. The highest BCUT2D eigenvalue weighted by atomic mass is 35.5. The first-order chi connectivity index (χ1) is 7.90. The molecule has 0 aliphatic rings. The van der Waals surface area contributed by atoms with E-state index in [-0.39, 0.29) is 5.75 Å². The number of carbonyl (C=O) groups is 1. The van der Waals surface area contributed by atoms with Crippen LogP contribution in [0.15, 0.2) is 18.2 Å². The molecule has 4 nitrogen and oxygen atoms in total. The molecule has 0 fully saturated rings. The molecule has 17 heavy (non-hydrogen) atoms. The molecule has 1 unspecified atom stereocenters. The van der Waals surface area contributed by atoms with Crippen LogP contribution in [0.4, 0.5) is 0 Å². The highest BCUT2D eigenvalue weighted by Gasteiger charge is 2.14. The van der Waals surface area contributed by atoms with E-state index >= 15 is 0 Å².